The standard InChI is InChI=1S/C15H11F6NO2/c1-23-10-7-11(15(19,20)21)22-13(24-2)12(10)8-3-5-9(6-4-8)14(16,17)18/h3-7H,1-2H3. The Hall–Kier alpha value is -2.45. The summed E-state index contributed by atoms with van der Waals surface area (Å²) in [5.41, 5.74) is -1.91. The highest BCUT2D eigenvalue weighted by Gasteiger charge is 2.35. The third kappa shape index (κ3) is 3.55. The number of nitrogens with zero attached hydrogens (tertiary/aromatic N) is 1. The van der Waals surface area contributed by atoms with Crippen molar-refractivity contribution in [2.45, 2.75) is 12.4 Å². The SMILES string of the molecule is COc1cc(C(F)(F)F)nc(OC)c1-c1ccc(C(F)(F)F)cc1. The first kappa shape index (κ1) is 17.9. The maximum Gasteiger partial charge on any atom is 0.433 e. The summed E-state index contributed by atoms with van der Waals surface area (Å²) in [6.45, 7) is 0. The summed E-state index contributed by atoms with van der Waals surface area (Å²) in [5.74, 6) is -0.615. The molecule has 0 aliphatic heterocycles. The predicted octanol–water partition coefficient (Wildman–Crippen LogP) is 4.80. The van der Waals surface area contributed by atoms with Gasteiger partial charge in [-0.05, 0) is 17.7 Å². The van der Waals surface area contributed by atoms with Crippen LogP contribution in [0, 0.1) is 0 Å². The van der Waals surface area contributed by atoms with Crippen LogP contribution in [0.3, 0.4) is 0 Å². The third-order valence-electron chi connectivity index (χ3n) is 3.15. The van der Waals surface area contributed by atoms with Gasteiger partial charge in [-0.15, -0.1) is 0 Å². The van der Waals surface area contributed by atoms with Gasteiger partial charge in [-0.25, -0.2) is 4.98 Å². The Morgan fingerprint density at radius 3 is 1.83 bits per heavy atom. The minimum Gasteiger partial charge on any atom is -0.496 e. The molecule has 0 unspecified atom stereocenters. The maximum absolute atomic E-state index is 12.8. The van der Waals surface area contributed by atoms with Gasteiger partial charge < -0.3 is 9.47 Å². The van der Waals surface area contributed by atoms with Gasteiger partial charge in [-0.1, -0.05) is 12.1 Å². The lowest BCUT2D eigenvalue weighted by molar-refractivity contribution is -0.141. The smallest absolute Gasteiger partial charge is 0.433 e. The van der Waals surface area contributed by atoms with E-state index in [0.717, 1.165) is 38.5 Å². The molecular weight excluding hydrogens is 340 g/mol. The van der Waals surface area contributed by atoms with Crippen molar-refractivity contribution in [3.05, 3.63) is 41.6 Å². The Kier molecular flexibility index (Phi) is 4.63. The summed E-state index contributed by atoms with van der Waals surface area (Å²) in [7, 11) is 2.25. The quantitative estimate of drug-likeness (QED) is 0.744. The molecule has 0 saturated heterocycles. The number of methoxy groups -OCH3 is 2. The predicted molar refractivity (Wildman–Crippen MR) is 72.8 cm³/mol. The molecule has 0 bridgehead atoms. The minimum atomic E-state index is -4.72. The van der Waals surface area contributed by atoms with Crippen LogP contribution in [0.2, 0.25) is 0 Å². The number of benzene rings is 1. The second kappa shape index (κ2) is 6.21. The Balaban J connectivity index is 2.61. The number of pyridine rings is 1. The molecule has 2 rings (SSSR count). The van der Waals surface area contributed by atoms with Gasteiger partial charge in [-0.2, -0.15) is 26.3 Å². The molecule has 2 aromatic rings. The highest BCUT2D eigenvalue weighted by Crippen LogP contribution is 2.42. The number of ether oxygens (including phenoxy) is 2. The summed E-state index contributed by atoms with van der Waals surface area (Å²) in [6, 6.07) is 4.50. The average Bonchev–Trinajstić information content (AvgIpc) is 2.51. The van der Waals surface area contributed by atoms with E-state index in [1.807, 2.05) is 0 Å². The van der Waals surface area contributed by atoms with Crippen molar-refractivity contribution in [3.63, 3.8) is 0 Å². The third-order valence-corrected chi connectivity index (χ3v) is 3.15. The summed E-state index contributed by atoms with van der Waals surface area (Å²) < 4.78 is 86.1. The van der Waals surface area contributed by atoms with E-state index in [1.165, 1.54) is 0 Å². The first-order chi connectivity index (χ1) is 11.1. The van der Waals surface area contributed by atoms with E-state index in [0.29, 0.717) is 6.07 Å². The van der Waals surface area contributed by atoms with Crippen LogP contribution in [-0.2, 0) is 12.4 Å². The van der Waals surface area contributed by atoms with Crippen LogP contribution in [0.1, 0.15) is 11.3 Å². The first-order valence-corrected chi connectivity index (χ1v) is 6.45. The van der Waals surface area contributed by atoms with E-state index in [9.17, 15) is 26.3 Å². The van der Waals surface area contributed by atoms with Crippen LogP contribution in [0.15, 0.2) is 30.3 Å². The van der Waals surface area contributed by atoms with Crippen LogP contribution in [0.25, 0.3) is 11.1 Å². The fourth-order valence-electron chi connectivity index (χ4n) is 2.04. The van der Waals surface area contributed by atoms with E-state index in [4.69, 9.17) is 9.47 Å². The number of halogens is 6. The van der Waals surface area contributed by atoms with Gasteiger partial charge in [-0.3, -0.25) is 0 Å². The second-order valence-corrected chi connectivity index (χ2v) is 4.67. The number of hydrogen-bond donors (Lipinski definition) is 0. The zero-order chi connectivity index (χ0) is 18.1. The van der Waals surface area contributed by atoms with Crippen molar-refractivity contribution >= 4 is 0 Å². The molecule has 0 aliphatic rings. The molecule has 0 atom stereocenters. The van der Waals surface area contributed by atoms with Gasteiger partial charge in [0.1, 0.15) is 5.75 Å². The van der Waals surface area contributed by atoms with Crippen molar-refractivity contribution in [3.8, 4) is 22.8 Å². The van der Waals surface area contributed by atoms with Crippen molar-refractivity contribution in [1.82, 2.24) is 4.98 Å². The molecule has 0 amide bonds. The number of aromatic nitrogens is 1. The number of hydrogen-bond acceptors (Lipinski definition) is 3. The Morgan fingerprint density at radius 1 is 0.833 bits per heavy atom. The van der Waals surface area contributed by atoms with Crippen LogP contribution >= 0.6 is 0 Å². The normalized spacial score (nSPS) is 12.2. The molecule has 1 aromatic heterocycles. The molecule has 1 aromatic carbocycles. The molecule has 0 spiro atoms. The van der Waals surface area contributed by atoms with Crippen molar-refractivity contribution in [2.75, 3.05) is 14.2 Å². The monoisotopic (exact) mass is 351 g/mol. The van der Waals surface area contributed by atoms with Crippen LogP contribution in [0.5, 0.6) is 11.6 Å². The maximum atomic E-state index is 12.8. The van der Waals surface area contributed by atoms with Gasteiger partial charge >= 0.3 is 12.4 Å². The van der Waals surface area contributed by atoms with Crippen LogP contribution in [0.4, 0.5) is 26.3 Å². The summed E-state index contributed by atoms with van der Waals surface area (Å²) in [5, 5.41) is 0. The largest absolute Gasteiger partial charge is 0.496 e. The molecule has 130 valence electrons. The van der Waals surface area contributed by atoms with Gasteiger partial charge in [0, 0.05) is 6.07 Å². The molecule has 3 nitrogen and oxygen atoms in total. The van der Waals surface area contributed by atoms with E-state index < -0.39 is 29.5 Å². The van der Waals surface area contributed by atoms with Crippen molar-refractivity contribution in [1.29, 1.82) is 0 Å². The second-order valence-electron chi connectivity index (χ2n) is 4.67. The molecule has 1 heterocycles. The molecule has 0 N–H and O–H groups in total. The van der Waals surface area contributed by atoms with E-state index in [2.05, 4.69) is 4.98 Å². The Labute approximate surface area is 132 Å². The van der Waals surface area contributed by atoms with E-state index in [-0.39, 0.29) is 16.9 Å². The molecular formula is C15H11F6NO2. The highest BCUT2D eigenvalue weighted by atomic mass is 19.4. The van der Waals surface area contributed by atoms with Gasteiger partial charge in [0.2, 0.25) is 5.88 Å². The topological polar surface area (TPSA) is 31.4 Å². The number of rotatable bonds is 3. The zero-order valence-electron chi connectivity index (χ0n) is 12.4. The molecule has 0 saturated carbocycles. The number of alkyl halides is 6. The Morgan fingerprint density at radius 2 is 1.42 bits per heavy atom. The lowest BCUT2D eigenvalue weighted by Gasteiger charge is -2.16. The van der Waals surface area contributed by atoms with Gasteiger partial charge in [0.15, 0.2) is 5.69 Å². The van der Waals surface area contributed by atoms with Gasteiger partial charge in [0.05, 0.1) is 25.3 Å². The average molecular weight is 351 g/mol. The molecule has 0 fully saturated rings. The zero-order valence-corrected chi connectivity index (χ0v) is 12.4. The summed E-state index contributed by atoms with van der Waals surface area (Å²) >= 11 is 0. The van der Waals surface area contributed by atoms with Crippen LogP contribution < -0.4 is 9.47 Å². The Bertz CT molecular complexity index is 697. The lowest BCUT2D eigenvalue weighted by Crippen LogP contribution is -2.10. The fourth-order valence-corrected chi connectivity index (χ4v) is 2.04. The van der Waals surface area contributed by atoms with E-state index >= 15 is 0 Å². The lowest BCUT2D eigenvalue weighted by atomic mass is 10.0. The first-order valence-electron chi connectivity index (χ1n) is 6.45. The highest BCUT2D eigenvalue weighted by molar-refractivity contribution is 5.75. The fraction of sp³-hybridized carbons (Fsp3) is 0.267. The van der Waals surface area contributed by atoms with Crippen molar-refractivity contribution < 1.29 is 35.8 Å². The molecule has 24 heavy (non-hydrogen) atoms. The molecule has 0 radical (unpaired) electrons. The van der Waals surface area contributed by atoms with Gasteiger partial charge in [0.25, 0.3) is 0 Å². The van der Waals surface area contributed by atoms with Crippen molar-refractivity contribution in [2.24, 2.45) is 0 Å². The minimum absolute atomic E-state index is 0.0294. The summed E-state index contributed by atoms with van der Waals surface area (Å²) in [4.78, 5) is 3.37. The van der Waals surface area contributed by atoms with E-state index in [1.54, 1.807) is 0 Å². The summed E-state index contributed by atoms with van der Waals surface area (Å²) in [6.07, 6.45) is -9.25. The van der Waals surface area contributed by atoms with Crippen LogP contribution in [-0.4, -0.2) is 19.2 Å². The molecule has 9 heteroatoms. The molecule has 0 aliphatic carbocycles.